The minimum absolute atomic E-state index is 0.000292. The third-order valence-corrected chi connectivity index (χ3v) is 1.85. The quantitative estimate of drug-likeness (QED) is 0.682. The van der Waals surface area contributed by atoms with E-state index in [0.29, 0.717) is 17.4 Å². The van der Waals surface area contributed by atoms with Gasteiger partial charge in [0, 0.05) is 6.04 Å². The van der Waals surface area contributed by atoms with Gasteiger partial charge in [-0.15, -0.1) is 0 Å². The van der Waals surface area contributed by atoms with Crippen LogP contribution in [0.4, 0.5) is 11.5 Å². The first-order valence-corrected chi connectivity index (χ1v) is 5.19. The summed E-state index contributed by atoms with van der Waals surface area (Å²) in [6, 6.07) is -0.121. The molecule has 0 aromatic carbocycles. The van der Waals surface area contributed by atoms with Crippen molar-refractivity contribution in [3.05, 3.63) is 6.33 Å². The second kappa shape index (κ2) is 5.50. The zero-order valence-corrected chi connectivity index (χ0v) is 9.77. The summed E-state index contributed by atoms with van der Waals surface area (Å²) in [5.41, 5.74) is 6.20. The third-order valence-electron chi connectivity index (χ3n) is 1.85. The molecule has 1 aromatic rings. The van der Waals surface area contributed by atoms with Gasteiger partial charge >= 0.3 is 0 Å². The molecule has 6 nitrogen and oxygen atoms in total. The number of nitrogens with zero attached hydrogens (tertiary/aromatic N) is 2. The van der Waals surface area contributed by atoms with Crippen LogP contribution in [-0.4, -0.2) is 33.8 Å². The van der Waals surface area contributed by atoms with Crippen molar-refractivity contribution in [1.29, 1.82) is 0 Å². The Kier molecular flexibility index (Phi) is 4.30. The van der Waals surface area contributed by atoms with Crippen molar-refractivity contribution in [3.8, 4) is 5.88 Å². The van der Waals surface area contributed by atoms with E-state index < -0.39 is 0 Å². The van der Waals surface area contributed by atoms with Gasteiger partial charge in [0.2, 0.25) is 5.88 Å². The van der Waals surface area contributed by atoms with Gasteiger partial charge in [0.1, 0.15) is 12.0 Å². The van der Waals surface area contributed by atoms with E-state index in [4.69, 9.17) is 15.6 Å². The summed E-state index contributed by atoms with van der Waals surface area (Å²) in [6.07, 6.45) is 1.38. The summed E-state index contributed by atoms with van der Waals surface area (Å²) in [4.78, 5) is 7.95. The van der Waals surface area contributed by atoms with Crippen LogP contribution in [0.3, 0.4) is 0 Å². The van der Waals surface area contributed by atoms with E-state index >= 15 is 0 Å². The average molecular weight is 226 g/mol. The summed E-state index contributed by atoms with van der Waals surface area (Å²) in [5.74, 6) is 0.838. The molecular weight excluding hydrogens is 208 g/mol. The maximum absolute atomic E-state index is 8.92. The van der Waals surface area contributed by atoms with Gasteiger partial charge in [-0.1, -0.05) is 0 Å². The largest absolute Gasteiger partial charge is 0.473 e. The first-order chi connectivity index (χ1) is 7.54. The van der Waals surface area contributed by atoms with Crippen molar-refractivity contribution in [2.75, 3.05) is 17.7 Å². The molecule has 0 saturated heterocycles. The van der Waals surface area contributed by atoms with Crippen LogP contribution in [0.2, 0.25) is 0 Å². The summed E-state index contributed by atoms with van der Waals surface area (Å²) in [6.45, 7) is 5.62. The molecule has 4 N–H and O–H groups in total. The molecular formula is C10H18N4O2. The number of nitrogens with two attached hydrogens (primary N) is 1. The minimum Gasteiger partial charge on any atom is -0.473 e. The van der Waals surface area contributed by atoms with Crippen LogP contribution in [0.1, 0.15) is 20.8 Å². The lowest BCUT2D eigenvalue weighted by atomic mass is 10.3. The monoisotopic (exact) mass is 226 g/mol. The molecule has 0 radical (unpaired) electrons. The Balaban J connectivity index is 2.86. The maximum atomic E-state index is 8.92. The fourth-order valence-corrected chi connectivity index (χ4v) is 1.09. The molecule has 0 aliphatic heterocycles. The predicted molar refractivity (Wildman–Crippen MR) is 62.4 cm³/mol. The van der Waals surface area contributed by atoms with E-state index in [1.54, 1.807) is 0 Å². The van der Waals surface area contributed by atoms with Crippen molar-refractivity contribution in [2.24, 2.45) is 0 Å². The Hall–Kier alpha value is -1.56. The molecule has 0 bridgehead atoms. The second-order valence-corrected chi connectivity index (χ2v) is 3.84. The molecule has 1 aromatic heterocycles. The van der Waals surface area contributed by atoms with Crippen LogP contribution < -0.4 is 15.8 Å². The predicted octanol–water partition coefficient (Wildman–Crippen LogP) is 0.639. The highest BCUT2D eigenvalue weighted by atomic mass is 16.5. The maximum Gasteiger partial charge on any atom is 0.242 e. The Morgan fingerprint density at radius 1 is 1.44 bits per heavy atom. The van der Waals surface area contributed by atoms with Crippen molar-refractivity contribution in [2.45, 2.75) is 32.9 Å². The van der Waals surface area contributed by atoms with Gasteiger partial charge in [-0.3, -0.25) is 0 Å². The van der Waals surface area contributed by atoms with Gasteiger partial charge in [-0.2, -0.15) is 4.98 Å². The standard InChI is InChI=1S/C10H18N4O2/c1-6(2)16-10-8(11)9(12-5-13-10)14-7(3)4-15/h5-7,15H,4,11H2,1-3H3,(H,12,13,14). The van der Waals surface area contributed by atoms with Crippen molar-refractivity contribution < 1.29 is 9.84 Å². The van der Waals surface area contributed by atoms with Crippen molar-refractivity contribution in [1.82, 2.24) is 9.97 Å². The Bertz CT molecular complexity index is 344. The molecule has 16 heavy (non-hydrogen) atoms. The number of hydrogen-bond donors (Lipinski definition) is 3. The molecule has 0 aliphatic rings. The molecule has 0 fully saturated rings. The van der Waals surface area contributed by atoms with E-state index in [9.17, 15) is 0 Å². The first-order valence-electron chi connectivity index (χ1n) is 5.19. The summed E-state index contributed by atoms with van der Waals surface area (Å²) >= 11 is 0. The third kappa shape index (κ3) is 3.23. The molecule has 1 heterocycles. The van der Waals surface area contributed by atoms with Crippen LogP contribution in [0.25, 0.3) is 0 Å². The van der Waals surface area contributed by atoms with E-state index in [1.807, 2.05) is 20.8 Å². The highest BCUT2D eigenvalue weighted by Gasteiger charge is 2.11. The molecule has 0 spiro atoms. The van der Waals surface area contributed by atoms with Crippen molar-refractivity contribution in [3.63, 3.8) is 0 Å². The molecule has 0 aliphatic carbocycles. The molecule has 6 heteroatoms. The Labute approximate surface area is 94.9 Å². The van der Waals surface area contributed by atoms with Crippen LogP contribution in [0.5, 0.6) is 5.88 Å². The van der Waals surface area contributed by atoms with Gasteiger partial charge < -0.3 is 20.9 Å². The lowest BCUT2D eigenvalue weighted by Gasteiger charge is -2.16. The lowest BCUT2D eigenvalue weighted by molar-refractivity contribution is 0.234. The summed E-state index contributed by atoms with van der Waals surface area (Å²) < 4.78 is 5.42. The first kappa shape index (κ1) is 12.5. The molecule has 90 valence electrons. The highest BCUT2D eigenvalue weighted by Crippen LogP contribution is 2.25. The molecule has 1 atom stereocenters. The second-order valence-electron chi connectivity index (χ2n) is 3.84. The number of rotatable bonds is 5. The zero-order chi connectivity index (χ0) is 12.1. The molecule has 1 unspecified atom stereocenters. The van der Waals surface area contributed by atoms with Gasteiger partial charge in [0.05, 0.1) is 12.7 Å². The van der Waals surface area contributed by atoms with E-state index in [1.165, 1.54) is 6.33 Å². The van der Waals surface area contributed by atoms with Crippen LogP contribution in [0, 0.1) is 0 Å². The lowest BCUT2D eigenvalue weighted by Crippen LogP contribution is -2.21. The molecule has 1 rings (SSSR count). The number of ether oxygens (including phenoxy) is 1. The Morgan fingerprint density at radius 3 is 2.69 bits per heavy atom. The fraction of sp³-hybridized carbons (Fsp3) is 0.600. The average Bonchev–Trinajstić information content (AvgIpc) is 2.23. The number of hydrogen-bond acceptors (Lipinski definition) is 6. The number of nitrogens with one attached hydrogen (secondary N) is 1. The van der Waals surface area contributed by atoms with E-state index in [2.05, 4.69) is 15.3 Å². The smallest absolute Gasteiger partial charge is 0.242 e. The number of anilines is 2. The number of aromatic nitrogens is 2. The van der Waals surface area contributed by atoms with Crippen LogP contribution in [-0.2, 0) is 0 Å². The minimum atomic E-state index is -0.121. The fourth-order valence-electron chi connectivity index (χ4n) is 1.09. The van der Waals surface area contributed by atoms with E-state index in [-0.39, 0.29) is 18.8 Å². The summed E-state index contributed by atoms with van der Waals surface area (Å²) in [5, 5.41) is 11.9. The zero-order valence-electron chi connectivity index (χ0n) is 9.77. The highest BCUT2D eigenvalue weighted by molar-refractivity contribution is 5.66. The van der Waals surface area contributed by atoms with Crippen LogP contribution in [0.15, 0.2) is 6.33 Å². The summed E-state index contributed by atoms with van der Waals surface area (Å²) in [7, 11) is 0. The molecule has 0 amide bonds. The molecule has 0 saturated carbocycles. The number of aliphatic hydroxyl groups excluding tert-OH is 1. The van der Waals surface area contributed by atoms with Gasteiger partial charge in [0.15, 0.2) is 5.82 Å². The van der Waals surface area contributed by atoms with Crippen molar-refractivity contribution >= 4 is 11.5 Å². The van der Waals surface area contributed by atoms with Gasteiger partial charge in [-0.05, 0) is 20.8 Å². The Morgan fingerprint density at radius 2 is 2.12 bits per heavy atom. The van der Waals surface area contributed by atoms with Gasteiger partial charge in [0.25, 0.3) is 0 Å². The van der Waals surface area contributed by atoms with E-state index in [0.717, 1.165) is 0 Å². The van der Waals surface area contributed by atoms with Gasteiger partial charge in [-0.25, -0.2) is 4.98 Å². The van der Waals surface area contributed by atoms with Crippen LogP contribution >= 0.6 is 0 Å². The normalized spacial score (nSPS) is 12.6. The SMILES string of the molecule is CC(CO)Nc1ncnc(OC(C)C)c1N. The number of aliphatic hydroxyl groups is 1. The number of nitrogen functional groups attached to an aromatic ring is 1. The topological polar surface area (TPSA) is 93.3 Å².